The minimum absolute atomic E-state index is 0.358. The maximum atomic E-state index is 5.73. The Morgan fingerprint density at radius 1 is 1.50 bits per heavy atom. The van der Waals surface area contributed by atoms with Crippen LogP contribution in [-0.4, -0.2) is 43.1 Å². The predicted octanol–water partition coefficient (Wildman–Crippen LogP) is 2.36. The van der Waals surface area contributed by atoms with Gasteiger partial charge in [-0.2, -0.15) is 0 Å². The van der Waals surface area contributed by atoms with Crippen LogP contribution >= 0.6 is 11.6 Å². The zero-order valence-electron chi connectivity index (χ0n) is 9.34. The fraction of sp³-hybridized carbons (Fsp3) is 1.00. The standard InChI is InChI=1S/C11H22ClNO/c1-10(2)14-8-7-13-6-4-11(9-13)3-5-12/h10-11H,3-9H2,1-2H3. The highest BCUT2D eigenvalue weighted by Gasteiger charge is 2.21. The molecule has 1 atom stereocenters. The van der Waals surface area contributed by atoms with Crippen LogP contribution < -0.4 is 0 Å². The number of halogens is 1. The van der Waals surface area contributed by atoms with Crippen molar-refractivity contribution in [2.75, 3.05) is 32.1 Å². The van der Waals surface area contributed by atoms with Crippen LogP contribution in [0.25, 0.3) is 0 Å². The maximum Gasteiger partial charge on any atom is 0.0596 e. The average Bonchev–Trinajstić information content (AvgIpc) is 2.53. The number of hydrogen-bond acceptors (Lipinski definition) is 2. The first kappa shape index (κ1) is 12.3. The van der Waals surface area contributed by atoms with Gasteiger partial charge in [-0.3, -0.25) is 0 Å². The third-order valence-corrected chi connectivity index (χ3v) is 2.96. The van der Waals surface area contributed by atoms with Crippen molar-refractivity contribution in [2.24, 2.45) is 5.92 Å². The van der Waals surface area contributed by atoms with E-state index in [2.05, 4.69) is 18.7 Å². The molecule has 0 aromatic carbocycles. The summed E-state index contributed by atoms with van der Waals surface area (Å²) in [7, 11) is 0. The Bertz CT molecular complexity index is 152. The van der Waals surface area contributed by atoms with Gasteiger partial charge in [-0.25, -0.2) is 0 Å². The molecule has 1 fully saturated rings. The van der Waals surface area contributed by atoms with Crippen molar-refractivity contribution >= 4 is 11.6 Å². The molecule has 0 radical (unpaired) electrons. The van der Waals surface area contributed by atoms with E-state index in [4.69, 9.17) is 16.3 Å². The van der Waals surface area contributed by atoms with Crippen LogP contribution in [0, 0.1) is 5.92 Å². The summed E-state index contributed by atoms with van der Waals surface area (Å²) in [5.41, 5.74) is 0. The summed E-state index contributed by atoms with van der Waals surface area (Å²) in [4.78, 5) is 2.49. The van der Waals surface area contributed by atoms with Gasteiger partial charge in [0.15, 0.2) is 0 Å². The van der Waals surface area contributed by atoms with E-state index in [1.807, 2.05) is 0 Å². The molecule has 1 saturated heterocycles. The largest absolute Gasteiger partial charge is 0.377 e. The van der Waals surface area contributed by atoms with Crippen LogP contribution in [0.4, 0.5) is 0 Å². The topological polar surface area (TPSA) is 12.5 Å². The van der Waals surface area contributed by atoms with Gasteiger partial charge in [-0.15, -0.1) is 11.6 Å². The SMILES string of the molecule is CC(C)OCCN1CCC(CCCl)C1. The van der Waals surface area contributed by atoms with Crippen LogP contribution in [0.1, 0.15) is 26.7 Å². The molecular formula is C11H22ClNO. The molecule has 0 aromatic rings. The van der Waals surface area contributed by atoms with Crippen molar-refractivity contribution < 1.29 is 4.74 Å². The summed E-state index contributed by atoms with van der Waals surface area (Å²) in [6.07, 6.45) is 2.84. The summed E-state index contributed by atoms with van der Waals surface area (Å²) in [5.74, 6) is 1.63. The second kappa shape index (κ2) is 6.65. The monoisotopic (exact) mass is 219 g/mol. The molecule has 14 heavy (non-hydrogen) atoms. The van der Waals surface area contributed by atoms with Crippen LogP contribution in [0.3, 0.4) is 0 Å². The van der Waals surface area contributed by atoms with Gasteiger partial charge in [0.05, 0.1) is 12.7 Å². The van der Waals surface area contributed by atoms with E-state index >= 15 is 0 Å². The normalized spacial score (nSPS) is 23.6. The van der Waals surface area contributed by atoms with Crippen molar-refractivity contribution in [3.8, 4) is 0 Å². The molecule has 1 aliphatic heterocycles. The van der Waals surface area contributed by atoms with E-state index < -0.39 is 0 Å². The predicted molar refractivity (Wildman–Crippen MR) is 61.0 cm³/mol. The van der Waals surface area contributed by atoms with E-state index in [-0.39, 0.29) is 0 Å². The summed E-state index contributed by atoms with van der Waals surface area (Å²) < 4.78 is 5.53. The van der Waals surface area contributed by atoms with Gasteiger partial charge in [-0.05, 0) is 39.2 Å². The van der Waals surface area contributed by atoms with Crippen LogP contribution in [0.2, 0.25) is 0 Å². The quantitative estimate of drug-likeness (QED) is 0.636. The minimum atomic E-state index is 0.358. The highest BCUT2D eigenvalue weighted by atomic mass is 35.5. The molecule has 0 aliphatic carbocycles. The molecule has 0 amide bonds. The van der Waals surface area contributed by atoms with Crippen LogP contribution in [-0.2, 0) is 4.74 Å². The van der Waals surface area contributed by atoms with Gasteiger partial charge >= 0.3 is 0 Å². The lowest BCUT2D eigenvalue weighted by Crippen LogP contribution is -2.26. The molecule has 0 spiro atoms. The van der Waals surface area contributed by atoms with Crippen molar-refractivity contribution in [2.45, 2.75) is 32.8 Å². The van der Waals surface area contributed by atoms with Gasteiger partial charge in [-0.1, -0.05) is 0 Å². The molecule has 84 valence electrons. The molecular weight excluding hydrogens is 198 g/mol. The van der Waals surface area contributed by atoms with Crippen LogP contribution in [0.5, 0.6) is 0 Å². The first-order valence-electron chi connectivity index (χ1n) is 5.62. The molecule has 1 unspecified atom stereocenters. The Morgan fingerprint density at radius 3 is 2.93 bits per heavy atom. The highest BCUT2D eigenvalue weighted by molar-refractivity contribution is 6.17. The van der Waals surface area contributed by atoms with E-state index in [0.29, 0.717) is 6.10 Å². The first-order chi connectivity index (χ1) is 6.72. The summed E-state index contributed by atoms with van der Waals surface area (Å²) >= 11 is 5.73. The van der Waals surface area contributed by atoms with Crippen LogP contribution in [0.15, 0.2) is 0 Å². The van der Waals surface area contributed by atoms with Crippen molar-refractivity contribution in [3.63, 3.8) is 0 Å². The molecule has 2 nitrogen and oxygen atoms in total. The second-order valence-electron chi connectivity index (χ2n) is 4.35. The van der Waals surface area contributed by atoms with Gasteiger partial charge in [0.1, 0.15) is 0 Å². The molecule has 0 N–H and O–H groups in total. The zero-order chi connectivity index (χ0) is 10.4. The fourth-order valence-corrected chi connectivity index (χ4v) is 2.23. The van der Waals surface area contributed by atoms with E-state index in [1.165, 1.54) is 25.9 Å². The molecule has 3 heteroatoms. The molecule has 0 saturated carbocycles. The van der Waals surface area contributed by atoms with E-state index in [9.17, 15) is 0 Å². The second-order valence-corrected chi connectivity index (χ2v) is 4.73. The zero-order valence-corrected chi connectivity index (χ0v) is 10.1. The Morgan fingerprint density at radius 2 is 2.29 bits per heavy atom. The van der Waals surface area contributed by atoms with Gasteiger partial charge in [0.2, 0.25) is 0 Å². The Balaban J connectivity index is 2.04. The van der Waals surface area contributed by atoms with E-state index in [0.717, 1.165) is 24.9 Å². The van der Waals surface area contributed by atoms with Crippen molar-refractivity contribution in [1.29, 1.82) is 0 Å². The lowest BCUT2D eigenvalue weighted by molar-refractivity contribution is 0.0628. The van der Waals surface area contributed by atoms with Crippen molar-refractivity contribution in [3.05, 3.63) is 0 Å². The number of ether oxygens (including phenoxy) is 1. The molecule has 1 rings (SSSR count). The third-order valence-electron chi connectivity index (χ3n) is 2.75. The lowest BCUT2D eigenvalue weighted by Gasteiger charge is -2.16. The third kappa shape index (κ3) is 4.63. The number of hydrogen-bond donors (Lipinski definition) is 0. The number of alkyl halides is 1. The highest BCUT2D eigenvalue weighted by Crippen LogP contribution is 2.19. The molecule has 1 heterocycles. The Kier molecular flexibility index (Phi) is 5.83. The molecule has 0 aromatic heterocycles. The smallest absolute Gasteiger partial charge is 0.0596 e. The Hall–Kier alpha value is 0.210. The number of rotatable bonds is 6. The fourth-order valence-electron chi connectivity index (χ4n) is 1.92. The lowest BCUT2D eigenvalue weighted by atomic mass is 10.1. The maximum absolute atomic E-state index is 5.73. The number of nitrogens with zero attached hydrogens (tertiary/aromatic N) is 1. The summed E-state index contributed by atoms with van der Waals surface area (Å²) in [5, 5.41) is 0. The minimum Gasteiger partial charge on any atom is -0.377 e. The van der Waals surface area contributed by atoms with Gasteiger partial charge < -0.3 is 9.64 Å². The molecule has 0 bridgehead atoms. The molecule has 1 aliphatic rings. The van der Waals surface area contributed by atoms with Crippen molar-refractivity contribution in [1.82, 2.24) is 4.90 Å². The summed E-state index contributed by atoms with van der Waals surface area (Å²) in [6, 6.07) is 0. The van der Waals surface area contributed by atoms with Gasteiger partial charge in [0.25, 0.3) is 0 Å². The van der Waals surface area contributed by atoms with E-state index in [1.54, 1.807) is 0 Å². The first-order valence-corrected chi connectivity index (χ1v) is 6.15. The Labute approximate surface area is 92.6 Å². The average molecular weight is 220 g/mol. The number of likely N-dealkylation sites (tertiary alicyclic amines) is 1. The summed E-state index contributed by atoms with van der Waals surface area (Å²) in [6.45, 7) is 8.56. The van der Waals surface area contributed by atoms with Gasteiger partial charge in [0, 0.05) is 19.0 Å².